The Morgan fingerprint density at radius 3 is 1.74 bits per heavy atom. The zero-order valence-electron chi connectivity index (χ0n) is 24.2. The number of allylic oxidation sites excluding steroid dienone is 2. The standard InChI is InChI=1S/C33H62O2/c1-5-6-7-8-9-10-11-12-13-20-25-30-35-33(4)29-24-19-15-17-22-27-31(2)26-21-16-14-18-23-28-32(3)34/h20,25,31H,4-19,21-24,26-30H2,1-3H3/b25-20-. The van der Waals surface area contributed by atoms with Crippen molar-refractivity contribution >= 4 is 5.78 Å². The zero-order valence-corrected chi connectivity index (χ0v) is 24.2. The van der Waals surface area contributed by atoms with E-state index < -0.39 is 0 Å². The molecule has 0 aromatic heterocycles. The molecule has 2 heteroatoms. The van der Waals surface area contributed by atoms with Gasteiger partial charge in [0, 0.05) is 12.8 Å². The molecule has 0 aliphatic carbocycles. The Morgan fingerprint density at radius 1 is 0.686 bits per heavy atom. The molecule has 0 fully saturated rings. The maximum Gasteiger partial charge on any atom is 0.129 e. The second-order valence-electron chi connectivity index (χ2n) is 11.0. The highest BCUT2D eigenvalue weighted by Gasteiger charge is 2.03. The third-order valence-electron chi connectivity index (χ3n) is 7.15. The van der Waals surface area contributed by atoms with Crippen LogP contribution in [0.15, 0.2) is 24.5 Å². The molecule has 0 heterocycles. The first-order chi connectivity index (χ1) is 17.1. The molecule has 206 valence electrons. The molecule has 0 aliphatic rings. The molecule has 0 aromatic carbocycles. The van der Waals surface area contributed by atoms with Crippen LogP contribution in [0.25, 0.3) is 0 Å². The quantitative estimate of drug-likeness (QED) is 0.0619. The Labute approximate surface area is 220 Å². The van der Waals surface area contributed by atoms with Gasteiger partial charge in [0.2, 0.25) is 0 Å². The van der Waals surface area contributed by atoms with Crippen molar-refractivity contribution in [2.24, 2.45) is 5.92 Å². The van der Waals surface area contributed by atoms with Crippen LogP contribution in [-0.2, 0) is 9.53 Å². The van der Waals surface area contributed by atoms with E-state index in [2.05, 4.69) is 32.6 Å². The van der Waals surface area contributed by atoms with Crippen LogP contribution in [0.5, 0.6) is 0 Å². The van der Waals surface area contributed by atoms with E-state index in [1.165, 1.54) is 128 Å². The SMILES string of the molecule is C=C(CCCCCCCC(C)CCCCCCCC(C)=O)OC/C=C\CCCCCCCCCC. The van der Waals surface area contributed by atoms with Crippen LogP contribution in [0.2, 0.25) is 0 Å². The fraction of sp³-hybridized carbons (Fsp3) is 0.848. The van der Waals surface area contributed by atoms with Gasteiger partial charge in [0.15, 0.2) is 0 Å². The number of carbonyl (C=O) groups excluding carboxylic acids is 1. The summed E-state index contributed by atoms with van der Waals surface area (Å²) in [5.74, 6) is 2.16. The molecule has 0 amide bonds. The molecule has 1 unspecified atom stereocenters. The van der Waals surface area contributed by atoms with E-state index in [9.17, 15) is 4.79 Å². The Hall–Kier alpha value is -1.05. The zero-order chi connectivity index (χ0) is 25.8. The van der Waals surface area contributed by atoms with E-state index in [0.717, 1.165) is 30.9 Å². The van der Waals surface area contributed by atoms with Crippen LogP contribution in [0, 0.1) is 5.92 Å². The molecule has 2 nitrogen and oxygen atoms in total. The molecule has 0 bridgehead atoms. The Balaban J connectivity index is 3.33. The minimum atomic E-state index is 0.337. The molecule has 1 atom stereocenters. The maximum atomic E-state index is 10.9. The highest BCUT2D eigenvalue weighted by molar-refractivity contribution is 5.75. The molecular formula is C33H62O2. The van der Waals surface area contributed by atoms with E-state index in [0.29, 0.717) is 12.4 Å². The van der Waals surface area contributed by atoms with E-state index >= 15 is 0 Å². The third kappa shape index (κ3) is 29.1. The second kappa shape index (κ2) is 27.5. The molecule has 0 rings (SSSR count). The lowest BCUT2D eigenvalue weighted by atomic mass is 9.96. The summed E-state index contributed by atoms with van der Waals surface area (Å²) in [6.07, 6.45) is 34.1. The fourth-order valence-corrected chi connectivity index (χ4v) is 4.71. The number of rotatable bonds is 28. The van der Waals surface area contributed by atoms with Gasteiger partial charge >= 0.3 is 0 Å². The van der Waals surface area contributed by atoms with Crippen molar-refractivity contribution in [1.82, 2.24) is 0 Å². The fourth-order valence-electron chi connectivity index (χ4n) is 4.71. The molecule has 0 radical (unpaired) electrons. The van der Waals surface area contributed by atoms with E-state index in [-0.39, 0.29) is 0 Å². The van der Waals surface area contributed by atoms with Gasteiger partial charge in [-0.2, -0.15) is 0 Å². The van der Waals surface area contributed by atoms with Gasteiger partial charge < -0.3 is 9.53 Å². The van der Waals surface area contributed by atoms with Gasteiger partial charge in [0.05, 0.1) is 5.76 Å². The Bertz CT molecular complexity index is 493. The monoisotopic (exact) mass is 490 g/mol. The van der Waals surface area contributed by atoms with Gasteiger partial charge in [-0.15, -0.1) is 0 Å². The summed E-state index contributed by atoms with van der Waals surface area (Å²) in [5.41, 5.74) is 0. The van der Waals surface area contributed by atoms with Crippen molar-refractivity contribution in [2.45, 2.75) is 168 Å². The lowest BCUT2D eigenvalue weighted by molar-refractivity contribution is -0.117. The number of ether oxygens (including phenoxy) is 1. The Kier molecular flexibility index (Phi) is 26.7. The van der Waals surface area contributed by atoms with Gasteiger partial charge in [-0.05, 0) is 38.5 Å². The van der Waals surface area contributed by atoms with Crippen LogP contribution in [0.4, 0.5) is 0 Å². The lowest BCUT2D eigenvalue weighted by Gasteiger charge is -2.11. The minimum absolute atomic E-state index is 0.337. The molecule has 0 saturated carbocycles. The number of ketones is 1. The first kappa shape index (κ1) is 34.0. The number of hydrogen-bond acceptors (Lipinski definition) is 2. The smallest absolute Gasteiger partial charge is 0.129 e. The summed E-state index contributed by atoms with van der Waals surface area (Å²) in [7, 11) is 0. The van der Waals surface area contributed by atoms with Crippen molar-refractivity contribution in [3.8, 4) is 0 Å². The first-order valence-electron chi connectivity index (χ1n) is 15.5. The average molecular weight is 491 g/mol. The summed E-state index contributed by atoms with van der Waals surface area (Å²) in [6.45, 7) is 11.2. The Morgan fingerprint density at radius 2 is 1.17 bits per heavy atom. The van der Waals surface area contributed by atoms with Gasteiger partial charge in [0.25, 0.3) is 0 Å². The predicted molar refractivity (Wildman–Crippen MR) is 156 cm³/mol. The van der Waals surface area contributed by atoms with Crippen LogP contribution >= 0.6 is 0 Å². The number of carbonyl (C=O) groups is 1. The highest BCUT2D eigenvalue weighted by Crippen LogP contribution is 2.19. The number of Topliss-reactive ketones (excluding diaryl/α,β-unsaturated/α-hetero) is 1. The van der Waals surface area contributed by atoms with Gasteiger partial charge in [-0.25, -0.2) is 0 Å². The van der Waals surface area contributed by atoms with E-state index in [1.807, 2.05) is 0 Å². The average Bonchev–Trinajstić information content (AvgIpc) is 2.83. The first-order valence-corrected chi connectivity index (χ1v) is 15.5. The summed E-state index contributed by atoms with van der Waals surface area (Å²) in [5, 5.41) is 0. The summed E-state index contributed by atoms with van der Waals surface area (Å²) >= 11 is 0. The normalized spacial score (nSPS) is 12.3. The predicted octanol–water partition coefficient (Wildman–Crippen LogP) is 11.3. The van der Waals surface area contributed by atoms with Crippen LogP contribution < -0.4 is 0 Å². The summed E-state index contributed by atoms with van der Waals surface area (Å²) < 4.78 is 5.77. The van der Waals surface area contributed by atoms with Crippen molar-refractivity contribution in [2.75, 3.05) is 6.61 Å². The minimum Gasteiger partial charge on any atom is -0.495 e. The van der Waals surface area contributed by atoms with Gasteiger partial charge in [-0.3, -0.25) is 0 Å². The van der Waals surface area contributed by atoms with E-state index in [4.69, 9.17) is 4.74 Å². The van der Waals surface area contributed by atoms with Crippen molar-refractivity contribution in [3.63, 3.8) is 0 Å². The maximum absolute atomic E-state index is 10.9. The molecule has 0 aliphatic heterocycles. The highest BCUT2D eigenvalue weighted by atomic mass is 16.5. The summed E-state index contributed by atoms with van der Waals surface area (Å²) in [4.78, 5) is 10.9. The number of unbranched alkanes of at least 4 members (excludes halogenated alkanes) is 16. The van der Waals surface area contributed by atoms with E-state index in [1.54, 1.807) is 6.92 Å². The van der Waals surface area contributed by atoms with Crippen molar-refractivity contribution < 1.29 is 9.53 Å². The number of hydrogen-bond donors (Lipinski definition) is 0. The van der Waals surface area contributed by atoms with Gasteiger partial charge in [0.1, 0.15) is 12.4 Å². The molecule has 0 N–H and O–H groups in total. The topological polar surface area (TPSA) is 26.3 Å². The molecule has 0 spiro atoms. The molecular weight excluding hydrogens is 428 g/mol. The van der Waals surface area contributed by atoms with Crippen molar-refractivity contribution in [1.29, 1.82) is 0 Å². The lowest BCUT2D eigenvalue weighted by Crippen LogP contribution is -1.95. The van der Waals surface area contributed by atoms with Crippen LogP contribution in [0.1, 0.15) is 168 Å². The third-order valence-corrected chi connectivity index (χ3v) is 7.15. The molecule has 35 heavy (non-hydrogen) atoms. The molecule has 0 saturated heterocycles. The van der Waals surface area contributed by atoms with Gasteiger partial charge in [-0.1, -0.05) is 142 Å². The van der Waals surface area contributed by atoms with Crippen molar-refractivity contribution in [3.05, 3.63) is 24.5 Å². The molecule has 0 aromatic rings. The second-order valence-corrected chi connectivity index (χ2v) is 11.0. The largest absolute Gasteiger partial charge is 0.495 e. The van der Waals surface area contributed by atoms with Crippen LogP contribution in [0.3, 0.4) is 0 Å². The van der Waals surface area contributed by atoms with Crippen LogP contribution in [-0.4, -0.2) is 12.4 Å². The summed E-state index contributed by atoms with van der Waals surface area (Å²) in [6, 6.07) is 0.